The molecule has 4 aliphatic carbocycles. The third kappa shape index (κ3) is 6.67. The standard InChI is InChI=1S/C83H57N/c1-81(2)71-35-17-12-29-64(71)68-49-47-61(53-78(68)81)84(60-45-41-55(42-46-60)54-23-6-3-7-24-54)79-52-57(63-34-22-40-77-80(63)69-33-16-21-39-75(69)82(77,58-25-8-4-9-26-58)59-27-10-5-11-28-59)43-48-62(79)56-44-50-76-70(51-56)67-32-15-20-38-74(67)83(76)72-36-18-13-30-65(72)66-31-14-19-37-73(66)83/h3-53H,1-2H3. The third-order valence-electron chi connectivity index (χ3n) is 19.4. The van der Waals surface area contributed by atoms with Gasteiger partial charge in [0.25, 0.3) is 0 Å². The Labute approximate surface area is 492 Å². The molecule has 4 aliphatic rings. The van der Waals surface area contributed by atoms with E-state index in [1.807, 2.05) is 0 Å². The number of fused-ring (bicyclic) bond motifs is 16. The van der Waals surface area contributed by atoms with Crippen LogP contribution in [0.3, 0.4) is 0 Å². The van der Waals surface area contributed by atoms with Crippen molar-refractivity contribution in [2.45, 2.75) is 30.1 Å². The van der Waals surface area contributed by atoms with Crippen LogP contribution in [0.2, 0.25) is 0 Å². The van der Waals surface area contributed by atoms with E-state index in [0.29, 0.717) is 0 Å². The van der Waals surface area contributed by atoms with Gasteiger partial charge in [0.1, 0.15) is 0 Å². The summed E-state index contributed by atoms with van der Waals surface area (Å²) < 4.78 is 0. The van der Waals surface area contributed by atoms with Crippen LogP contribution < -0.4 is 4.90 Å². The van der Waals surface area contributed by atoms with Crippen LogP contribution in [-0.2, 0) is 16.2 Å². The number of hydrogen-bond donors (Lipinski definition) is 0. The van der Waals surface area contributed by atoms with Crippen LogP contribution in [0, 0.1) is 0 Å². The highest BCUT2D eigenvalue weighted by molar-refractivity contribution is 6.01. The van der Waals surface area contributed by atoms with Gasteiger partial charge in [0.05, 0.1) is 16.5 Å². The molecule has 84 heavy (non-hydrogen) atoms. The number of benzene rings is 13. The molecule has 0 atom stereocenters. The van der Waals surface area contributed by atoms with Crippen LogP contribution in [0.15, 0.2) is 309 Å². The van der Waals surface area contributed by atoms with Crippen LogP contribution in [0.5, 0.6) is 0 Å². The smallest absolute Gasteiger partial charge is 0.0725 e. The maximum Gasteiger partial charge on any atom is 0.0725 e. The Balaban J connectivity index is 0.936. The lowest BCUT2D eigenvalue weighted by Crippen LogP contribution is -2.28. The molecule has 394 valence electrons. The molecule has 1 heteroatoms. The van der Waals surface area contributed by atoms with Gasteiger partial charge in [-0.3, -0.25) is 0 Å². The number of nitrogens with zero attached hydrogens (tertiary/aromatic N) is 1. The second-order valence-corrected chi connectivity index (χ2v) is 23.8. The van der Waals surface area contributed by atoms with Gasteiger partial charge in [-0.1, -0.05) is 287 Å². The van der Waals surface area contributed by atoms with Gasteiger partial charge in [-0.15, -0.1) is 0 Å². The molecule has 0 radical (unpaired) electrons. The summed E-state index contributed by atoms with van der Waals surface area (Å²) in [5, 5.41) is 0. The van der Waals surface area contributed by atoms with E-state index in [1.54, 1.807) is 0 Å². The van der Waals surface area contributed by atoms with E-state index in [-0.39, 0.29) is 5.41 Å². The average Bonchev–Trinajstić information content (AvgIpc) is 1.56. The first-order valence-corrected chi connectivity index (χ1v) is 29.6. The second-order valence-electron chi connectivity index (χ2n) is 23.8. The Morgan fingerprint density at radius 3 is 1.25 bits per heavy atom. The first-order chi connectivity index (χ1) is 41.4. The summed E-state index contributed by atoms with van der Waals surface area (Å²) in [6.45, 7) is 4.78. The first kappa shape index (κ1) is 48.4. The van der Waals surface area contributed by atoms with Crippen molar-refractivity contribution in [3.05, 3.63) is 365 Å². The second kappa shape index (κ2) is 18.3. The topological polar surface area (TPSA) is 3.24 Å². The number of anilines is 3. The summed E-state index contributed by atoms with van der Waals surface area (Å²) in [7, 11) is 0. The predicted molar refractivity (Wildman–Crippen MR) is 349 cm³/mol. The van der Waals surface area contributed by atoms with Crippen molar-refractivity contribution in [2.75, 3.05) is 4.90 Å². The summed E-state index contributed by atoms with van der Waals surface area (Å²) in [6.07, 6.45) is 0. The van der Waals surface area contributed by atoms with Crippen molar-refractivity contribution in [1.82, 2.24) is 0 Å². The monoisotopic (exact) mass is 1070 g/mol. The molecular formula is C83H57N. The SMILES string of the molecule is CC1(C)c2ccccc2-c2ccc(N(c3ccc(-c4ccccc4)cc3)c3cc(-c4cccc5c4-c4ccccc4C5(c4ccccc4)c4ccccc4)ccc3-c3ccc4c(c3)-c3ccccc3C43c4ccccc4-c4ccccc43)cc21. The van der Waals surface area contributed by atoms with Gasteiger partial charge in [-0.05, 0) is 164 Å². The quantitative estimate of drug-likeness (QED) is 0.147. The maximum atomic E-state index is 2.55. The predicted octanol–water partition coefficient (Wildman–Crippen LogP) is 21.2. The molecule has 0 saturated heterocycles. The molecule has 1 spiro atoms. The lowest BCUT2D eigenvalue weighted by atomic mass is 9.67. The van der Waals surface area contributed by atoms with Crippen molar-refractivity contribution >= 4 is 17.1 Å². The molecule has 0 aromatic heterocycles. The van der Waals surface area contributed by atoms with E-state index in [4.69, 9.17) is 0 Å². The van der Waals surface area contributed by atoms with E-state index in [9.17, 15) is 0 Å². The summed E-state index contributed by atoms with van der Waals surface area (Å²) in [4.78, 5) is 2.55. The first-order valence-electron chi connectivity index (χ1n) is 29.6. The van der Waals surface area contributed by atoms with Gasteiger partial charge in [0.15, 0.2) is 0 Å². The van der Waals surface area contributed by atoms with Crippen molar-refractivity contribution in [2.24, 2.45) is 0 Å². The largest absolute Gasteiger partial charge is 0.310 e. The molecule has 0 saturated carbocycles. The van der Waals surface area contributed by atoms with E-state index < -0.39 is 10.8 Å². The van der Waals surface area contributed by atoms with Gasteiger partial charge in [-0.25, -0.2) is 0 Å². The van der Waals surface area contributed by atoms with Crippen molar-refractivity contribution < 1.29 is 0 Å². The third-order valence-corrected chi connectivity index (χ3v) is 19.4. The summed E-state index contributed by atoms with van der Waals surface area (Å²) in [6, 6.07) is 117. The highest BCUT2D eigenvalue weighted by Crippen LogP contribution is 2.64. The van der Waals surface area contributed by atoms with E-state index in [1.165, 1.54) is 117 Å². The molecule has 17 rings (SSSR count). The normalized spacial score (nSPS) is 14.4. The Morgan fingerprint density at radius 1 is 0.226 bits per heavy atom. The maximum absolute atomic E-state index is 2.55. The molecule has 0 heterocycles. The minimum Gasteiger partial charge on any atom is -0.310 e. The molecule has 0 fully saturated rings. The molecule has 1 nitrogen and oxygen atoms in total. The fourth-order valence-electron chi connectivity index (χ4n) is 15.8. The molecule has 13 aromatic carbocycles. The summed E-state index contributed by atoms with van der Waals surface area (Å²) in [5.41, 5.74) is 32.7. The van der Waals surface area contributed by atoms with Crippen LogP contribution in [0.4, 0.5) is 17.1 Å². The molecular weight excluding hydrogens is 1010 g/mol. The highest BCUT2D eigenvalue weighted by atomic mass is 15.1. The Morgan fingerprint density at radius 2 is 0.631 bits per heavy atom. The Bertz CT molecular complexity index is 4710. The Kier molecular flexibility index (Phi) is 10.6. The molecule has 0 N–H and O–H groups in total. The van der Waals surface area contributed by atoms with Gasteiger partial charge < -0.3 is 4.90 Å². The lowest BCUT2D eigenvalue weighted by molar-refractivity contribution is 0.660. The van der Waals surface area contributed by atoms with E-state index in [0.717, 1.165) is 33.8 Å². The van der Waals surface area contributed by atoms with Crippen LogP contribution >= 0.6 is 0 Å². The molecule has 0 unspecified atom stereocenters. The lowest BCUT2D eigenvalue weighted by Gasteiger charge is -2.34. The number of hydrogen-bond acceptors (Lipinski definition) is 1. The van der Waals surface area contributed by atoms with Crippen LogP contribution in [-0.4, -0.2) is 0 Å². The van der Waals surface area contributed by atoms with Crippen molar-refractivity contribution in [3.8, 4) is 77.9 Å². The van der Waals surface area contributed by atoms with Gasteiger partial charge in [0, 0.05) is 22.4 Å². The van der Waals surface area contributed by atoms with E-state index >= 15 is 0 Å². The minimum atomic E-state index is -0.535. The zero-order valence-corrected chi connectivity index (χ0v) is 46.9. The fourth-order valence-corrected chi connectivity index (χ4v) is 15.8. The van der Waals surface area contributed by atoms with E-state index in [2.05, 4.69) is 328 Å². The van der Waals surface area contributed by atoms with Crippen molar-refractivity contribution in [1.29, 1.82) is 0 Å². The minimum absolute atomic E-state index is 0.210. The average molecular weight is 1070 g/mol. The molecule has 0 amide bonds. The number of rotatable bonds is 8. The van der Waals surface area contributed by atoms with Gasteiger partial charge in [-0.2, -0.15) is 0 Å². The molecule has 0 bridgehead atoms. The zero-order chi connectivity index (χ0) is 55.7. The van der Waals surface area contributed by atoms with Crippen molar-refractivity contribution in [3.63, 3.8) is 0 Å². The summed E-state index contributed by atoms with van der Waals surface area (Å²) >= 11 is 0. The summed E-state index contributed by atoms with van der Waals surface area (Å²) in [5.74, 6) is 0. The van der Waals surface area contributed by atoms with Gasteiger partial charge >= 0.3 is 0 Å². The molecule has 0 aliphatic heterocycles. The zero-order valence-electron chi connectivity index (χ0n) is 46.9. The highest BCUT2D eigenvalue weighted by Gasteiger charge is 2.52. The Hall–Kier alpha value is -10.3. The van der Waals surface area contributed by atoms with Gasteiger partial charge in [0.2, 0.25) is 0 Å². The fraction of sp³-hybridized carbons (Fsp3) is 0.0602. The van der Waals surface area contributed by atoms with Crippen LogP contribution in [0.25, 0.3) is 77.9 Å². The molecule has 13 aromatic rings. The van der Waals surface area contributed by atoms with Crippen LogP contribution in [0.1, 0.15) is 69.5 Å².